The third-order valence-electron chi connectivity index (χ3n) is 2.95. The van der Waals surface area contributed by atoms with E-state index in [1.165, 1.54) is 12.4 Å². The smallest absolute Gasteiger partial charge is 0.275 e. The van der Waals surface area contributed by atoms with Gasteiger partial charge in [-0.05, 0) is 19.1 Å². The van der Waals surface area contributed by atoms with E-state index < -0.39 is 17.5 Å². The van der Waals surface area contributed by atoms with Crippen LogP contribution in [0.3, 0.4) is 0 Å². The number of hydrogen-bond donors (Lipinski definition) is 2. The molecule has 122 valence electrons. The Morgan fingerprint density at radius 1 is 1.12 bits per heavy atom. The highest BCUT2D eigenvalue weighted by Crippen LogP contribution is 2.16. The molecule has 1 amide bonds. The minimum Gasteiger partial charge on any atom is -0.360 e. The summed E-state index contributed by atoms with van der Waals surface area (Å²) < 4.78 is 31.3. The number of nitrogens with zero attached hydrogens (tertiary/aromatic N) is 3. The third kappa shape index (κ3) is 3.51. The molecular formula is C15H11F2N5O2. The summed E-state index contributed by atoms with van der Waals surface area (Å²) >= 11 is 0. The highest BCUT2D eigenvalue weighted by atomic mass is 19.1. The summed E-state index contributed by atoms with van der Waals surface area (Å²) in [6, 6.07) is 4.50. The Morgan fingerprint density at radius 3 is 2.58 bits per heavy atom. The van der Waals surface area contributed by atoms with Crippen LogP contribution in [0.1, 0.15) is 16.2 Å². The van der Waals surface area contributed by atoms with Crippen LogP contribution in [0.5, 0.6) is 0 Å². The van der Waals surface area contributed by atoms with Crippen molar-refractivity contribution >= 4 is 23.2 Å². The van der Waals surface area contributed by atoms with Crippen molar-refractivity contribution in [1.82, 2.24) is 15.1 Å². The summed E-state index contributed by atoms with van der Waals surface area (Å²) in [5.74, 6) is -0.848. The van der Waals surface area contributed by atoms with Gasteiger partial charge >= 0.3 is 0 Å². The Hall–Kier alpha value is -3.36. The van der Waals surface area contributed by atoms with E-state index in [0.717, 1.165) is 12.1 Å². The van der Waals surface area contributed by atoms with Crippen molar-refractivity contribution in [1.29, 1.82) is 0 Å². The number of carbonyl (C=O) groups is 1. The lowest BCUT2D eigenvalue weighted by molar-refractivity contribution is 0.102. The molecule has 7 nitrogen and oxygen atoms in total. The number of amides is 1. The number of nitrogens with one attached hydrogen (secondary N) is 2. The van der Waals surface area contributed by atoms with Crippen LogP contribution in [0, 0.1) is 18.6 Å². The Kier molecular flexibility index (Phi) is 4.15. The molecule has 0 saturated heterocycles. The molecule has 2 heterocycles. The molecule has 3 rings (SSSR count). The first kappa shape index (κ1) is 15.5. The van der Waals surface area contributed by atoms with Gasteiger partial charge in [0.1, 0.15) is 28.9 Å². The Morgan fingerprint density at radius 2 is 1.96 bits per heavy atom. The highest BCUT2D eigenvalue weighted by Gasteiger charge is 2.12. The van der Waals surface area contributed by atoms with Crippen LogP contribution in [-0.4, -0.2) is 21.0 Å². The normalized spacial score (nSPS) is 10.5. The number of carbonyl (C=O) groups excluding carboxylic acids is 1. The van der Waals surface area contributed by atoms with Gasteiger partial charge in [0.15, 0.2) is 5.82 Å². The van der Waals surface area contributed by atoms with Crippen LogP contribution in [0.2, 0.25) is 0 Å². The van der Waals surface area contributed by atoms with Crippen molar-refractivity contribution in [3.63, 3.8) is 0 Å². The summed E-state index contributed by atoms with van der Waals surface area (Å²) in [7, 11) is 0. The zero-order valence-electron chi connectivity index (χ0n) is 12.4. The second-order valence-electron chi connectivity index (χ2n) is 4.81. The summed E-state index contributed by atoms with van der Waals surface area (Å²) in [6.07, 6.45) is 2.53. The van der Waals surface area contributed by atoms with E-state index in [1.54, 1.807) is 13.0 Å². The fourth-order valence-electron chi connectivity index (χ4n) is 1.84. The van der Waals surface area contributed by atoms with Gasteiger partial charge in [0.05, 0.1) is 18.1 Å². The van der Waals surface area contributed by atoms with E-state index in [9.17, 15) is 13.6 Å². The van der Waals surface area contributed by atoms with E-state index in [1.807, 2.05) is 0 Å². The van der Waals surface area contributed by atoms with Crippen LogP contribution in [0.25, 0.3) is 0 Å². The summed E-state index contributed by atoms with van der Waals surface area (Å²) in [4.78, 5) is 19.9. The topological polar surface area (TPSA) is 92.9 Å². The van der Waals surface area contributed by atoms with Crippen molar-refractivity contribution in [2.24, 2.45) is 0 Å². The number of rotatable bonds is 4. The molecule has 0 saturated carbocycles. The predicted octanol–water partition coefficient (Wildman–Crippen LogP) is 3.05. The summed E-state index contributed by atoms with van der Waals surface area (Å²) in [6.45, 7) is 1.74. The Balaban J connectivity index is 1.69. The molecule has 3 aromatic rings. The Labute approximate surface area is 134 Å². The van der Waals surface area contributed by atoms with Gasteiger partial charge in [0.2, 0.25) is 0 Å². The lowest BCUT2D eigenvalue weighted by atomic mass is 10.3. The lowest BCUT2D eigenvalue weighted by Crippen LogP contribution is -2.15. The van der Waals surface area contributed by atoms with Crippen LogP contribution in [0.4, 0.5) is 26.1 Å². The first-order valence-electron chi connectivity index (χ1n) is 6.80. The van der Waals surface area contributed by atoms with Crippen molar-refractivity contribution in [3.05, 3.63) is 59.7 Å². The average molecular weight is 331 g/mol. The van der Waals surface area contributed by atoms with Gasteiger partial charge < -0.3 is 15.2 Å². The lowest BCUT2D eigenvalue weighted by Gasteiger charge is -2.06. The number of hydrogen-bond acceptors (Lipinski definition) is 6. The highest BCUT2D eigenvalue weighted by molar-refractivity contribution is 6.02. The minimum atomic E-state index is -0.879. The van der Waals surface area contributed by atoms with Gasteiger partial charge in [-0.1, -0.05) is 5.16 Å². The molecule has 0 aliphatic rings. The van der Waals surface area contributed by atoms with E-state index in [0.29, 0.717) is 23.5 Å². The number of aromatic nitrogens is 3. The first-order chi connectivity index (χ1) is 11.5. The number of benzene rings is 1. The van der Waals surface area contributed by atoms with Gasteiger partial charge in [0, 0.05) is 12.1 Å². The number of anilines is 3. The molecule has 0 radical (unpaired) electrons. The number of aryl methyl sites for hydroxylation is 1. The van der Waals surface area contributed by atoms with Crippen molar-refractivity contribution in [2.75, 3.05) is 10.6 Å². The Bertz CT molecular complexity index is 880. The molecule has 0 aliphatic heterocycles. The standard InChI is InChI=1S/C15H11F2N5O2/c1-8-4-13(22-24-8)21-14-7-18-12(6-19-14)15(23)20-11-3-2-9(16)5-10(11)17/h2-7H,1H3,(H,20,23)(H,19,21,22). The van der Waals surface area contributed by atoms with Gasteiger partial charge in [-0.15, -0.1) is 0 Å². The fraction of sp³-hybridized carbons (Fsp3) is 0.0667. The quantitative estimate of drug-likeness (QED) is 0.763. The van der Waals surface area contributed by atoms with Crippen molar-refractivity contribution in [3.8, 4) is 0 Å². The molecular weight excluding hydrogens is 320 g/mol. The molecule has 0 bridgehead atoms. The third-order valence-corrected chi connectivity index (χ3v) is 2.95. The zero-order chi connectivity index (χ0) is 17.1. The van der Waals surface area contributed by atoms with Crippen molar-refractivity contribution < 1.29 is 18.1 Å². The van der Waals surface area contributed by atoms with Crippen LogP contribution in [0.15, 0.2) is 41.2 Å². The zero-order valence-corrected chi connectivity index (χ0v) is 12.4. The molecule has 0 fully saturated rings. The van der Waals surface area contributed by atoms with E-state index in [4.69, 9.17) is 4.52 Å². The van der Waals surface area contributed by atoms with Gasteiger partial charge in [-0.25, -0.2) is 18.7 Å². The van der Waals surface area contributed by atoms with Gasteiger partial charge in [-0.2, -0.15) is 0 Å². The molecule has 2 aromatic heterocycles. The molecule has 0 unspecified atom stereocenters. The van der Waals surface area contributed by atoms with E-state index >= 15 is 0 Å². The maximum atomic E-state index is 13.5. The molecule has 1 aromatic carbocycles. The number of halogens is 2. The maximum Gasteiger partial charge on any atom is 0.275 e. The SMILES string of the molecule is Cc1cc(Nc2cnc(C(=O)Nc3ccc(F)cc3F)cn2)no1. The largest absolute Gasteiger partial charge is 0.360 e. The van der Waals surface area contributed by atoms with Crippen molar-refractivity contribution in [2.45, 2.75) is 6.92 Å². The molecule has 0 atom stereocenters. The summed E-state index contributed by atoms with van der Waals surface area (Å²) in [5.41, 5.74) is -0.177. The molecule has 0 spiro atoms. The minimum absolute atomic E-state index is 0.0272. The molecule has 24 heavy (non-hydrogen) atoms. The monoisotopic (exact) mass is 331 g/mol. The summed E-state index contributed by atoms with van der Waals surface area (Å²) in [5, 5.41) is 8.88. The maximum absolute atomic E-state index is 13.5. The average Bonchev–Trinajstić information content (AvgIpc) is 2.96. The van der Waals surface area contributed by atoms with E-state index in [2.05, 4.69) is 25.8 Å². The second-order valence-corrected chi connectivity index (χ2v) is 4.81. The predicted molar refractivity (Wildman–Crippen MR) is 80.9 cm³/mol. The fourth-order valence-corrected chi connectivity index (χ4v) is 1.84. The molecule has 2 N–H and O–H groups in total. The van der Waals surface area contributed by atoms with Crippen LogP contribution in [-0.2, 0) is 0 Å². The van der Waals surface area contributed by atoms with Gasteiger partial charge in [-0.3, -0.25) is 4.79 Å². The first-order valence-corrected chi connectivity index (χ1v) is 6.80. The molecule has 0 aliphatic carbocycles. The van der Waals surface area contributed by atoms with Gasteiger partial charge in [0.25, 0.3) is 5.91 Å². The van der Waals surface area contributed by atoms with E-state index in [-0.39, 0.29) is 11.4 Å². The van der Waals surface area contributed by atoms with Crippen LogP contribution >= 0.6 is 0 Å². The van der Waals surface area contributed by atoms with Crippen LogP contribution < -0.4 is 10.6 Å². The molecule has 9 heteroatoms. The second kappa shape index (κ2) is 6.41.